The number of benzene rings is 2. The van der Waals surface area contributed by atoms with Crippen LogP contribution in [0.15, 0.2) is 82.0 Å². The molecule has 0 spiro atoms. The zero-order chi connectivity index (χ0) is 27.0. The van der Waals surface area contributed by atoms with Crippen molar-refractivity contribution in [2.75, 3.05) is 11.1 Å². The van der Waals surface area contributed by atoms with Gasteiger partial charge in [-0.2, -0.15) is 0 Å². The van der Waals surface area contributed by atoms with Gasteiger partial charge in [-0.05, 0) is 31.9 Å². The molecule has 38 heavy (non-hydrogen) atoms. The number of rotatable bonds is 9. The Kier molecular flexibility index (Phi) is 9.27. The van der Waals surface area contributed by atoms with Crippen molar-refractivity contribution in [3.05, 3.63) is 94.5 Å². The van der Waals surface area contributed by atoms with E-state index in [-0.39, 0.29) is 5.57 Å². The molecule has 0 saturated carbocycles. The van der Waals surface area contributed by atoms with Crippen LogP contribution in [0.1, 0.15) is 43.7 Å². The SMILES string of the molecule is CC(C)(C)OC(=O)Nc1nc(/C(=C/CSc2nncs2)C(=O)OC(c2ccccc2)c2ccccc2)cs1. The zero-order valence-electron chi connectivity index (χ0n) is 21.0. The Morgan fingerprint density at radius 2 is 1.68 bits per heavy atom. The quantitative estimate of drug-likeness (QED) is 0.133. The van der Waals surface area contributed by atoms with Gasteiger partial charge in [-0.25, -0.2) is 14.6 Å². The van der Waals surface area contributed by atoms with Gasteiger partial charge in [-0.15, -0.1) is 21.5 Å². The maximum absolute atomic E-state index is 13.6. The van der Waals surface area contributed by atoms with Crippen molar-refractivity contribution in [1.82, 2.24) is 15.2 Å². The number of anilines is 1. The van der Waals surface area contributed by atoms with Crippen LogP contribution in [0.5, 0.6) is 0 Å². The summed E-state index contributed by atoms with van der Waals surface area (Å²) in [6.07, 6.45) is 0.530. The van der Waals surface area contributed by atoms with E-state index in [2.05, 4.69) is 20.5 Å². The summed E-state index contributed by atoms with van der Waals surface area (Å²) >= 11 is 4.06. The molecule has 0 unspecified atom stereocenters. The third-order valence-corrected chi connectivity index (χ3v) is 7.42. The average Bonchev–Trinajstić information content (AvgIpc) is 3.57. The van der Waals surface area contributed by atoms with Crippen LogP contribution in [-0.4, -0.2) is 38.6 Å². The number of nitrogens with zero attached hydrogens (tertiary/aromatic N) is 3. The van der Waals surface area contributed by atoms with E-state index < -0.39 is 23.8 Å². The van der Waals surface area contributed by atoms with Crippen LogP contribution in [0.25, 0.3) is 5.57 Å². The highest BCUT2D eigenvalue weighted by molar-refractivity contribution is 8.01. The number of thioether (sulfide) groups is 1. The van der Waals surface area contributed by atoms with Gasteiger partial charge in [-0.1, -0.05) is 89.8 Å². The summed E-state index contributed by atoms with van der Waals surface area (Å²) in [5.74, 6) is -0.0810. The third-order valence-electron chi connectivity index (χ3n) is 4.87. The Morgan fingerprint density at radius 3 is 2.26 bits per heavy atom. The molecule has 4 rings (SSSR count). The first-order chi connectivity index (χ1) is 18.3. The Morgan fingerprint density at radius 1 is 1.03 bits per heavy atom. The molecule has 0 fully saturated rings. The largest absolute Gasteiger partial charge is 0.449 e. The summed E-state index contributed by atoms with van der Waals surface area (Å²) in [6.45, 7) is 5.34. The van der Waals surface area contributed by atoms with Crippen LogP contribution in [0.2, 0.25) is 0 Å². The number of carbonyl (C=O) groups is 2. The van der Waals surface area contributed by atoms with E-state index in [1.807, 2.05) is 60.7 Å². The van der Waals surface area contributed by atoms with Crippen LogP contribution in [0.3, 0.4) is 0 Å². The molecule has 196 valence electrons. The first-order valence-corrected chi connectivity index (χ1v) is 14.4. The van der Waals surface area contributed by atoms with Crippen molar-refractivity contribution in [2.24, 2.45) is 0 Å². The molecule has 2 heterocycles. The van der Waals surface area contributed by atoms with E-state index in [0.29, 0.717) is 16.6 Å². The van der Waals surface area contributed by atoms with Crippen LogP contribution in [-0.2, 0) is 14.3 Å². The fraction of sp³-hybridized carbons (Fsp3) is 0.222. The Balaban J connectivity index is 1.59. The number of hydrogen-bond donors (Lipinski definition) is 1. The summed E-state index contributed by atoms with van der Waals surface area (Å²) in [7, 11) is 0. The Labute approximate surface area is 233 Å². The molecule has 4 aromatic rings. The second kappa shape index (κ2) is 12.8. The summed E-state index contributed by atoms with van der Waals surface area (Å²) in [5.41, 5.74) is 3.38. The molecule has 0 atom stereocenters. The van der Waals surface area contributed by atoms with Gasteiger partial charge in [0.15, 0.2) is 15.6 Å². The normalized spacial score (nSPS) is 11.8. The van der Waals surface area contributed by atoms with E-state index in [1.54, 1.807) is 37.7 Å². The smallest absolute Gasteiger partial charge is 0.413 e. The summed E-state index contributed by atoms with van der Waals surface area (Å²) < 4.78 is 12.2. The molecule has 0 saturated heterocycles. The van der Waals surface area contributed by atoms with Crippen LogP contribution < -0.4 is 5.32 Å². The molecule has 1 amide bonds. The maximum Gasteiger partial charge on any atom is 0.413 e. The fourth-order valence-corrected chi connectivity index (χ4v) is 5.39. The molecule has 8 nitrogen and oxygen atoms in total. The lowest BCUT2D eigenvalue weighted by atomic mass is 10.0. The molecule has 0 bridgehead atoms. The lowest BCUT2D eigenvalue weighted by Crippen LogP contribution is -2.27. The zero-order valence-corrected chi connectivity index (χ0v) is 23.4. The summed E-state index contributed by atoms with van der Waals surface area (Å²) in [4.78, 5) is 30.3. The van der Waals surface area contributed by atoms with E-state index in [1.165, 1.54) is 34.4 Å². The molecule has 1 N–H and O–H groups in total. The number of nitrogens with one attached hydrogen (secondary N) is 1. The lowest BCUT2D eigenvalue weighted by molar-refractivity contribution is -0.140. The highest BCUT2D eigenvalue weighted by Crippen LogP contribution is 2.31. The number of ether oxygens (including phenoxy) is 2. The second-order valence-corrected chi connectivity index (χ2v) is 11.9. The minimum atomic E-state index is -0.648. The van der Waals surface area contributed by atoms with E-state index >= 15 is 0 Å². The minimum Gasteiger partial charge on any atom is -0.449 e. The van der Waals surface area contributed by atoms with Crippen molar-refractivity contribution in [1.29, 1.82) is 0 Å². The van der Waals surface area contributed by atoms with Crippen molar-refractivity contribution in [3.63, 3.8) is 0 Å². The summed E-state index contributed by atoms with van der Waals surface area (Å²) in [6, 6.07) is 19.1. The van der Waals surface area contributed by atoms with Gasteiger partial charge in [0.2, 0.25) is 0 Å². The molecule has 0 aliphatic rings. The van der Waals surface area contributed by atoms with Gasteiger partial charge >= 0.3 is 12.1 Å². The molecule has 0 radical (unpaired) electrons. The Bertz CT molecular complexity index is 1330. The van der Waals surface area contributed by atoms with Crippen LogP contribution in [0.4, 0.5) is 9.93 Å². The first-order valence-electron chi connectivity index (χ1n) is 11.6. The predicted molar refractivity (Wildman–Crippen MR) is 151 cm³/mol. The fourth-order valence-electron chi connectivity index (χ4n) is 3.32. The number of hydrogen-bond acceptors (Lipinski definition) is 10. The number of esters is 1. The van der Waals surface area contributed by atoms with Crippen molar-refractivity contribution in [3.8, 4) is 0 Å². The molecule has 2 aromatic carbocycles. The maximum atomic E-state index is 13.6. The second-order valence-electron chi connectivity index (χ2n) is 8.90. The molecule has 2 aromatic heterocycles. The highest BCUT2D eigenvalue weighted by atomic mass is 32.2. The summed E-state index contributed by atoms with van der Waals surface area (Å²) in [5, 5.41) is 12.5. The Hall–Kier alpha value is -3.54. The molecular weight excluding hydrogens is 541 g/mol. The van der Waals surface area contributed by atoms with Gasteiger partial charge in [0.25, 0.3) is 0 Å². The van der Waals surface area contributed by atoms with Gasteiger partial charge in [0.1, 0.15) is 11.1 Å². The average molecular weight is 567 g/mol. The number of carbonyl (C=O) groups excluding carboxylic acids is 2. The van der Waals surface area contributed by atoms with Crippen molar-refractivity contribution >= 4 is 57.2 Å². The topological polar surface area (TPSA) is 103 Å². The number of aromatic nitrogens is 3. The molecule has 11 heteroatoms. The molecule has 0 aliphatic carbocycles. The first kappa shape index (κ1) is 27.5. The molecule has 0 aliphatic heterocycles. The number of amides is 1. The van der Waals surface area contributed by atoms with E-state index in [9.17, 15) is 9.59 Å². The van der Waals surface area contributed by atoms with Gasteiger partial charge < -0.3 is 9.47 Å². The minimum absolute atomic E-state index is 0.285. The van der Waals surface area contributed by atoms with Crippen molar-refractivity contribution in [2.45, 2.75) is 36.8 Å². The predicted octanol–water partition coefficient (Wildman–Crippen LogP) is 6.85. The highest BCUT2D eigenvalue weighted by Gasteiger charge is 2.24. The monoisotopic (exact) mass is 566 g/mol. The third kappa shape index (κ3) is 7.98. The number of thiazole rings is 1. The van der Waals surface area contributed by atoms with E-state index in [0.717, 1.165) is 15.5 Å². The van der Waals surface area contributed by atoms with Gasteiger partial charge in [0, 0.05) is 11.1 Å². The lowest BCUT2D eigenvalue weighted by Gasteiger charge is -2.19. The van der Waals surface area contributed by atoms with Gasteiger partial charge in [-0.3, -0.25) is 5.32 Å². The van der Waals surface area contributed by atoms with Crippen LogP contribution in [0, 0.1) is 0 Å². The standard InChI is InChI=1S/C27H26N4O4S3/c1-27(2,3)35-25(33)30-24-29-21(16-37-24)20(14-15-36-26-31-28-17-38-26)23(32)34-22(18-10-6-4-7-11-18)19-12-8-5-9-13-19/h4-14,16-17,22H,15H2,1-3H3,(H,29,30,33)/b20-14-. The molecular formula is C27H26N4O4S3. The van der Waals surface area contributed by atoms with Crippen molar-refractivity contribution < 1.29 is 19.1 Å². The van der Waals surface area contributed by atoms with E-state index in [4.69, 9.17) is 9.47 Å². The van der Waals surface area contributed by atoms with Crippen LogP contribution >= 0.6 is 34.4 Å². The van der Waals surface area contributed by atoms with Gasteiger partial charge in [0.05, 0.1) is 11.3 Å².